The Morgan fingerprint density at radius 3 is 2.60 bits per heavy atom. The van der Waals surface area contributed by atoms with Gasteiger partial charge in [0.2, 0.25) is 0 Å². The average Bonchev–Trinajstić information content (AvgIpc) is 2.36. The number of benzene rings is 1. The molecule has 2 saturated carbocycles. The molecule has 0 heterocycles. The third-order valence-corrected chi connectivity index (χ3v) is 5.23. The Kier molecular flexibility index (Phi) is 3.83. The van der Waals surface area contributed by atoms with Crippen LogP contribution in [-0.2, 0) is 10.2 Å². The van der Waals surface area contributed by atoms with Gasteiger partial charge in [0.05, 0.1) is 6.61 Å². The van der Waals surface area contributed by atoms with Crippen molar-refractivity contribution in [3.8, 4) is 0 Å². The quantitative estimate of drug-likeness (QED) is 0.806. The third kappa shape index (κ3) is 2.38. The molecule has 2 aliphatic carbocycles. The Bertz CT molecular complexity index is 462. The van der Waals surface area contributed by atoms with Gasteiger partial charge in [0.1, 0.15) is 5.82 Å². The molecule has 0 saturated heterocycles. The Hall–Kier alpha value is -0.930. The molecule has 1 aromatic carbocycles. The van der Waals surface area contributed by atoms with Crippen LogP contribution in [0.15, 0.2) is 24.3 Å². The van der Waals surface area contributed by atoms with Gasteiger partial charge in [0.15, 0.2) is 0 Å². The Labute approximate surface area is 120 Å². The maximum absolute atomic E-state index is 14.2. The third-order valence-electron chi connectivity index (χ3n) is 5.23. The fourth-order valence-electron chi connectivity index (χ4n) is 4.22. The van der Waals surface area contributed by atoms with Crippen LogP contribution in [0, 0.1) is 11.2 Å². The first-order chi connectivity index (χ1) is 9.70. The van der Waals surface area contributed by atoms with Gasteiger partial charge in [0, 0.05) is 25.6 Å². The molecule has 0 aliphatic heterocycles. The molecular weight excluding hydrogens is 253 g/mol. The molecule has 0 unspecified atom stereocenters. The van der Waals surface area contributed by atoms with Gasteiger partial charge >= 0.3 is 0 Å². The van der Waals surface area contributed by atoms with Crippen molar-refractivity contribution >= 4 is 0 Å². The van der Waals surface area contributed by atoms with Gasteiger partial charge in [0.25, 0.3) is 0 Å². The molecule has 2 aliphatic rings. The molecule has 1 aromatic rings. The van der Waals surface area contributed by atoms with Crippen molar-refractivity contribution in [2.75, 3.05) is 26.8 Å². The SMILES string of the molecule is COCCNCC1(c2ccccc2F)CC2(CCC2)C1. The van der Waals surface area contributed by atoms with Crippen LogP contribution in [0.3, 0.4) is 0 Å². The standard InChI is InChI=1S/C17H24FNO/c1-20-10-9-19-13-17(11-16(12-17)7-4-8-16)14-5-2-3-6-15(14)18/h2-3,5-6,19H,4,7-13H2,1H3. The van der Waals surface area contributed by atoms with Crippen LogP contribution in [0.25, 0.3) is 0 Å². The van der Waals surface area contributed by atoms with Crippen LogP contribution in [0.5, 0.6) is 0 Å². The Balaban J connectivity index is 1.73. The summed E-state index contributed by atoms with van der Waals surface area (Å²) in [5.41, 5.74) is 1.44. The minimum absolute atomic E-state index is 0.000491. The van der Waals surface area contributed by atoms with Crippen molar-refractivity contribution in [2.45, 2.75) is 37.5 Å². The topological polar surface area (TPSA) is 21.3 Å². The highest BCUT2D eigenvalue weighted by molar-refractivity contribution is 5.33. The summed E-state index contributed by atoms with van der Waals surface area (Å²) in [7, 11) is 1.71. The molecule has 3 rings (SSSR count). The average molecular weight is 277 g/mol. The van der Waals surface area contributed by atoms with Gasteiger partial charge in [-0.1, -0.05) is 24.6 Å². The van der Waals surface area contributed by atoms with E-state index in [0.29, 0.717) is 12.0 Å². The second-order valence-corrected chi connectivity index (χ2v) is 6.64. The van der Waals surface area contributed by atoms with Crippen LogP contribution in [0.2, 0.25) is 0 Å². The normalized spacial score (nSPS) is 22.3. The number of hydrogen-bond acceptors (Lipinski definition) is 2. The zero-order valence-electron chi connectivity index (χ0n) is 12.3. The zero-order valence-corrected chi connectivity index (χ0v) is 12.3. The van der Waals surface area contributed by atoms with Crippen LogP contribution in [-0.4, -0.2) is 26.8 Å². The first-order valence-corrected chi connectivity index (χ1v) is 7.65. The number of halogens is 1. The maximum atomic E-state index is 14.2. The molecule has 3 heteroatoms. The van der Waals surface area contributed by atoms with E-state index in [1.807, 2.05) is 12.1 Å². The smallest absolute Gasteiger partial charge is 0.127 e. The lowest BCUT2D eigenvalue weighted by atomic mass is 9.43. The van der Waals surface area contributed by atoms with E-state index in [2.05, 4.69) is 5.32 Å². The molecule has 1 N–H and O–H groups in total. The highest BCUT2D eigenvalue weighted by atomic mass is 19.1. The minimum atomic E-state index is -0.0461. The van der Waals surface area contributed by atoms with Crippen molar-refractivity contribution in [3.63, 3.8) is 0 Å². The molecule has 110 valence electrons. The number of ether oxygens (including phenoxy) is 1. The number of methoxy groups -OCH3 is 1. The van der Waals surface area contributed by atoms with Gasteiger partial charge in [-0.3, -0.25) is 0 Å². The van der Waals surface area contributed by atoms with Crippen LogP contribution < -0.4 is 5.32 Å². The Morgan fingerprint density at radius 2 is 2.00 bits per heavy atom. The first-order valence-electron chi connectivity index (χ1n) is 7.65. The molecular formula is C17H24FNO. The van der Waals surface area contributed by atoms with Crippen molar-refractivity contribution in [1.82, 2.24) is 5.32 Å². The van der Waals surface area contributed by atoms with Gasteiger partial charge in [-0.25, -0.2) is 4.39 Å². The highest BCUT2D eigenvalue weighted by Crippen LogP contribution is 2.64. The monoisotopic (exact) mass is 277 g/mol. The summed E-state index contributed by atoms with van der Waals surface area (Å²) in [5, 5.41) is 3.45. The second-order valence-electron chi connectivity index (χ2n) is 6.64. The molecule has 20 heavy (non-hydrogen) atoms. The number of nitrogens with one attached hydrogen (secondary N) is 1. The van der Waals surface area contributed by atoms with Crippen molar-refractivity contribution in [1.29, 1.82) is 0 Å². The predicted octanol–water partition coefficient (Wildman–Crippen LogP) is 3.26. The summed E-state index contributed by atoms with van der Waals surface area (Å²) in [4.78, 5) is 0. The van der Waals surface area contributed by atoms with Crippen LogP contribution >= 0.6 is 0 Å². The van der Waals surface area contributed by atoms with Crippen LogP contribution in [0.1, 0.15) is 37.7 Å². The zero-order chi connectivity index (χ0) is 14.1. The van der Waals surface area contributed by atoms with E-state index in [1.54, 1.807) is 19.2 Å². The highest BCUT2D eigenvalue weighted by Gasteiger charge is 2.57. The molecule has 0 aromatic heterocycles. The van der Waals surface area contributed by atoms with Gasteiger partial charge in [-0.2, -0.15) is 0 Å². The summed E-state index contributed by atoms with van der Waals surface area (Å²) in [6.07, 6.45) is 6.30. The molecule has 1 spiro atoms. The van der Waals surface area contributed by atoms with E-state index < -0.39 is 0 Å². The van der Waals surface area contributed by atoms with Crippen LogP contribution in [0.4, 0.5) is 4.39 Å². The predicted molar refractivity (Wildman–Crippen MR) is 78.3 cm³/mol. The lowest BCUT2D eigenvalue weighted by molar-refractivity contribution is -0.0499. The largest absolute Gasteiger partial charge is 0.383 e. The molecule has 0 amide bonds. The first kappa shape index (κ1) is 14.0. The number of hydrogen-bond donors (Lipinski definition) is 1. The fraction of sp³-hybridized carbons (Fsp3) is 0.647. The summed E-state index contributed by atoms with van der Waals surface area (Å²) < 4.78 is 19.3. The van der Waals surface area contributed by atoms with Crippen molar-refractivity contribution in [2.24, 2.45) is 5.41 Å². The van der Waals surface area contributed by atoms with Gasteiger partial charge < -0.3 is 10.1 Å². The lowest BCUT2D eigenvalue weighted by Crippen LogP contribution is -2.57. The summed E-state index contributed by atoms with van der Waals surface area (Å²) >= 11 is 0. The van der Waals surface area contributed by atoms with Gasteiger partial charge in [-0.15, -0.1) is 0 Å². The van der Waals surface area contributed by atoms with E-state index in [0.717, 1.165) is 31.5 Å². The molecule has 2 nitrogen and oxygen atoms in total. The lowest BCUT2D eigenvalue weighted by Gasteiger charge is -2.61. The molecule has 0 radical (unpaired) electrons. The molecule has 0 bridgehead atoms. The van der Waals surface area contributed by atoms with E-state index in [9.17, 15) is 4.39 Å². The number of rotatable bonds is 6. The fourth-order valence-corrected chi connectivity index (χ4v) is 4.22. The van der Waals surface area contributed by atoms with E-state index in [4.69, 9.17) is 4.74 Å². The maximum Gasteiger partial charge on any atom is 0.127 e. The summed E-state index contributed by atoms with van der Waals surface area (Å²) in [6.45, 7) is 2.40. The van der Waals surface area contributed by atoms with E-state index in [-0.39, 0.29) is 11.2 Å². The van der Waals surface area contributed by atoms with E-state index in [1.165, 1.54) is 19.3 Å². The van der Waals surface area contributed by atoms with Crippen molar-refractivity contribution in [3.05, 3.63) is 35.6 Å². The summed E-state index contributed by atoms with van der Waals surface area (Å²) in [6, 6.07) is 7.31. The molecule has 0 atom stereocenters. The minimum Gasteiger partial charge on any atom is -0.383 e. The van der Waals surface area contributed by atoms with Gasteiger partial charge in [-0.05, 0) is 42.7 Å². The van der Waals surface area contributed by atoms with Crippen molar-refractivity contribution < 1.29 is 9.13 Å². The Morgan fingerprint density at radius 1 is 1.25 bits per heavy atom. The molecule has 2 fully saturated rings. The summed E-state index contributed by atoms with van der Waals surface area (Å²) in [5.74, 6) is -0.0461. The van der Waals surface area contributed by atoms with E-state index >= 15 is 0 Å². The second kappa shape index (κ2) is 5.45.